The van der Waals surface area contributed by atoms with Crippen molar-refractivity contribution in [2.45, 2.75) is 31.8 Å². The lowest BCUT2D eigenvalue weighted by Crippen LogP contribution is -2.32. The highest BCUT2D eigenvalue weighted by atomic mass is 35.5. The van der Waals surface area contributed by atoms with Crippen molar-refractivity contribution in [3.8, 4) is 5.75 Å². The van der Waals surface area contributed by atoms with E-state index in [0.29, 0.717) is 28.4 Å². The number of amides is 1. The van der Waals surface area contributed by atoms with Crippen LogP contribution in [0, 0.1) is 0 Å². The van der Waals surface area contributed by atoms with Gasteiger partial charge >= 0.3 is 0 Å². The smallest absolute Gasteiger partial charge is 0.260 e. The van der Waals surface area contributed by atoms with Gasteiger partial charge in [-0.15, -0.1) is 0 Å². The van der Waals surface area contributed by atoms with E-state index in [0.717, 1.165) is 32.3 Å². The zero-order chi connectivity index (χ0) is 15.9. The number of halogens is 2. The molecule has 1 aliphatic heterocycles. The first kappa shape index (κ1) is 17.4. The third-order valence-electron chi connectivity index (χ3n) is 3.71. The summed E-state index contributed by atoms with van der Waals surface area (Å²) in [5, 5.41) is 0.941. The number of likely N-dealkylation sites (N-methyl/N-ethyl adjacent to an activating group) is 1. The Morgan fingerprint density at radius 3 is 2.95 bits per heavy atom. The molecule has 1 atom stereocenters. The van der Waals surface area contributed by atoms with Crippen LogP contribution in [0.15, 0.2) is 18.2 Å². The number of hydrogen-bond acceptors (Lipinski definition) is 3. The van der Waals surface area contributed by atoms with Gasteiger partial charge in [-0.05, 0) is 43.9 Å². The summed E-state index contributed by atoms with van der Waals surface area (Å²) < 4.78 is 11.0. The topological polar surface area (TPSA) is 38.8 Å². The van der Waals surface area contributed by atoms with E-state index in [1.54, 1.807) is 30.1 Å². The number of ether oxygens (including phenoxy) is 2. The highest BCUT2D eigenvalue weighted by molar-refractivity contribution is 6.35. The Morgan fingerprint density at radius 2 is 2.27 bits per heavy atom. The van der Waals surface area contributed by atoms with Crippen molar-refractivity contribution in [2.24, 2.45) is 0 Å². The summed E-state index contributed by atoms with van der Waals surface area (Å²) in [5.41, 5.74) is 0. The van der Waals surface area contributed by atoms with Gasteiger partial charge in [0.25, 0.3) is 5.91 Å². The summed E-state index contributed by atoms with van der Waals surface area (Å²) >= 11 is 11.8. The first-order valence-electron chi connectivity index (χ1n) is 7.49. The largest absolute Gasteiger partial charge is 0.482 e. The van der Waals surface area contributed by atoms with Gasteiger partial charge in [0, 0.05) is 25.2 Å². The number of carbonyl (C=O) groups is 1. The van der Waals surface area contributed by atoms with Crippen LogP contribution in [-0.4, -0.2) is 43.7 Å². The van der Waals surface area contributed by atoms with Crippen molar-refractivity contribution in [2.75, 3.05) is 26.8 Å². The Morgan fingerprint density at radius 1 is 1.45 bits per heavy atom. The standard InChI is InChI=1S/C16H21Cl2NO3/c1-19(8-2-4-13-5-3-9-21-13)16(20)11-22-15-7-6-12(17)10-14(15)18/h6-7,10,13H,2-5,8-9,11H2,1H3/t13-/m0/s1. The molecule has 1 aromatic rings. The minimum atomic E-state index is -0.0710. The molecular weight excluding hydrogens is 325 g/mol. The maximum atomic E-state index is 12.0. The maximum absolute atomic E-state index is 12.0. The van der Waals surface area contributed by atoms with Crippen LogP contribution >= 0.6 is 23.2 Å². The average molecular weight is 346 g/mol. The molecule has 0 spiro atoms. The van der Waals surface area contributed by atoms with Gasteiger partial charge in [-0.1, -0.05) is 23.2 Å². The van der Waals surface area contributed by atoms with Crippen molar-refractivity contribution in [3.05, 3.63) is 28.2 Å². The van der Waals surface area contributed by atoms with Gasteiger partial charge in [-0.2, -0.15) is 0 Å². The molecule has 0 radical (unpaired) electrons. The van der Waals surface area contributed by atoms with E-state index in [2.05, 4.69) is 0 Å². The van der Waals surface area contributed by atoms with Crippen LogP contribution in [0.1, 0.15) is 25.7 Å². The fourth-order valence-electron chi connectivity index (χ4n) is 2.39. The molecule has 0 N–H and O–H groups in total. The lowest BCUT2D eigenvalue weighted by Gasteiger charge is -2.18. The molecule has 0 saturated carbocycles. The van der Waals surface area contributed by atoms with E-state index in [1.165, 1.54) is 0 Å². The van der Waals surface area contributed by atoms with Crippen LogP contribution in [0.5, 0.6) is 5.75 Å². The molecule has 1 aromatic carbocycles. The van der Waals surface area contributed by atoms with Crippen LogP contribution in [0.2, 0.25) is 10.0 Å². The molecule has 0 aliphatic carbocycles. The van der Waals surface area contributed by atoms with Crippen LogP contribution in [0.25, 0.3) is 0 Å². The zero-order valence-electron chi connectivity index (χ0n) is 12.7. The number of benzene rings is 1. The van der Waals surface area contributed by atoms with Crippen LogP contribution in [-0.2, 0) is 9.53 Å². The third-order valence-corrected chi connectivity index (χ3v) is 4.24. The van der Waals surface area contributed by atoms with Gasteiger partial charge in [0.2, 0.25) is 0 Å². The lowest BCUT2D eigenvalue weighted by molar-refractivity contribution is -0.132. The molecular formula is C16H21Cl2NO3. The highest BCUT2D eigenvalue weighted by Gasteiger charge is 2.16. The minimum Gasteiger partial charge on any atom is -0.482 e. The van der Waals surface area contributed by atoms with Crippen LogP contribution in [0.4, 0.5) is 0 Å². The molecule has 4 nitrogen and oxygen atoms in total. The average Bonchev–Trinajstić information content (AvgIpc) is 2.99. The molecule has 122 valence electrons. The molecule has 0 unspecified atom stereocenters. The fourth-order valence-corrected chi connectivity index (χ4v) is 2.86. The Kier molecular flexibility index (Phi) is 6.80. The first-order valence-corrected chi connectivity index (χ1v) is 8.25. The van der Waals surface area contributed by atoms with E-state index >= 15 is 0 Å². The maximum Gasteiger partial charge on any atom is 0.260 e. The van der Waals surface area contributed by atoms with Gasteiger partial charge in [0.15, 0.2) is 6.61 Å². The van der Waals surface area contributed by atoms with E-state index in [4.69, 9.17) is 32.7 Å². The van der Waals surface area contributed by atoms with Gasteiger partial charge in [-0.3, -0.25) is 4.79 Å². The zero-order valence-corrected chi connectivity index (χ0v) is 14.2. The minimum absolute atomic E-state index is 0.0300. The summed E-state index contributed by atoms with van der Waals surface area (Å²) in [6.45, 7) is 1.54. The Balaban J connectivity index is 1.69. The number of hydrogen-bond donors (Lipinski definition) is 0. The molecule has 1 amide bonds. The van der Waals surface area contributed by atoms with Crippen molar-refractivity contribution >= 4 is 29.1 Å². The van der Waals surface area contributed by atoms with Gasteiger partial charge in [-0.25, -0.2) is 0 Å². The van der Waals surface area contributed by atoms with E-state index in [9.17, 15) is 4.79 Å². The molecule has 1 aliphatic rings. The van der Waals surface area contributed by atoms with Gasteiger partial charge < -0.3 is 14.4 Å². The SMILES string of the molecule is CN(CCC[C@H]1CCCO1)C(=O)COc1ccc(Cl)cc1Cl. The second-order valence-corrected chi connectivity index (χ2v) is 6.30. The van der Waals surface area contributed by atoms with Crippen molar-refractivity contribution in [1.82, 2.24) is 4.90 Å². The molecule has 22 heavy (non-hydrogen) atoms. The van der Waals surface area contributed by atoms with Gasteiger partial charge in [0.1, 0.15) is 5.75 Å². The molecule has 1 heterocycles. The molecule has 2 rings (SSSR count). The lowest BCUT2D eigenvalue weighted by atomic mass is 10.1. The normalized spacial score (nSPS) is 17.5. The molecule has 1 saturated heterocycles. The molecule has 6 heteroatoms. The Hall–Kier alpha value is -0.970. The second kappa shape index (κ2) is 8.61. The van der Waals surface area contributed by atoms with Crippen LogP contribution in [0.3, 0.4) is 0 Å². The molecule has 0 aromatic heterocycles. The Labute approximate surface area is 141 Å². The number of carbonyl (C=O) groups excluding carboxylic acids is 1. The predicted molar refractivity (Wildman–Crippen MR) is 87.8 cm³/mol. The third kappa shape index (κ3) is 5.34. The number of nitrogens with zero attached hydrogens (tertiary/aromatic N) is 1. The van der Waals surface area contributed by atoms with Gasteiger partial charge in [0.05, 0.1) is 11.1 Å². The quantitative estimate of drug-likeness (QED) is 0.754. The summed E-state index contributed by atoms with van der Waals surface area (Å²) in [6.07, 6.45) is 4.59. The predicted octanol–water partition coefficient (Wildman–Crippen LogP) is 3.79. The molecule has 1 fully saturated rings. The van der Waals surface area contributed by atoms with Crippen molar-refractivity contribution in [3.63, 3.8) is 0 Å². The van der Waals surface area contributed by atoms with Crippen molar-refractivity contribution in [1.29, 1.82) is 0 Å². The fraction of sp³-hybridized carbons (Fsp3) is 0.562. The van der Waals surface area contributed by atoms with E-state index in [1.807, 2.05) is 0 Å². The first-order chi connectivity index (χ1) is 10.6. The Bertz CT molecular complexity index is 504. The monoisotopic (exact) mass is 345 g/mol. The van der Waals surface area contributed by atoms with Crippen LogP contribution < -0.4 is 4.74 Å². The summed E-state index contributed by atoms with van der Waals surface area (Å²) in [6, 6.07) is 4.93. The summed E-state index contributed by atoms with van der Waals surface area (Å²) in [5.74, 6) is 0.394. The highest BCUT2D eigenvalue weighted by Crippen LogP contribution is 2.27. The summed E-state index contributed by atoms with van der Waals surface area (Å²) in [4.78, 5) is 13.7. The second-order valence-electron chi connectivity index (χ2n) is 5.46. The van der Waals surface area contributed by atoms with Crippen molar-refractivity contribution < 1.29 is 14.3 Å². The summed E-state index contributed by atoms with van der Waals surface area (Å²) in [7, 11) is 1.78. The number of rotatable bonds is 7. The molecule has 0 bridgehead atoms. The van der Waals surface area contributed by atoms with E-state index < -0.39 is 0 Å². The van der Waals surface area contributed by atoms with E-state index in [-0.39, 0.29) is 12.5 Å².